The quantitative estimate of drug-likeness (QED) is 0.849. The number of rotatable bonds is 6. The summed E-state index contributed by atoms with van der Waals surface area (Å²) < 4.78 is 1.67. The summed E-state index contributed by atoms with van der Waals surface area (Å²) in [6, 6.07) is 10.3. The largest absolute Gasteiger partial charge is 0.370 e. The van der Waals surface area contributed by atoms with E-state index >= 15 is 0 Å². The van der Waals surface area contributed by atoms with Crippen molar-refractivity contribution in [1.29, 1.82) is 0 Å². The molecule has 6 heteroatoms. The number of benzene rings is 1. The van der Waals surface area contributed by atoms with E-state index in [0.717, 1.165) is 43.6 Å². The number of carbonyl (C=O) groups is 2. The lowest BCUT2D eigenvalue weighted by Crippen LogP contribution is -2.39. The number of aryl methyl sites for hydroxylation is 3. The maximum absolute atomic E-state index is 12.7. The number of nitrogens with two attached hydrogens (primary N) is 1. The Kier molecular flexibility index (Phi) is 5.94. The SMILES string of the molecule is Cc1cc(C(=O)N2CCC(Cc3ccc(CCC(N)=O)cc3)CC2)n(C)n1. The first-order chi connectivity index (χ1) is 12.9. The number of likely N-dealkylation sites (tertiary alicyclic amines) is 1. The maximum Gasteiger partial charge on any atom is 0.272 e. The van der Waals surface area contributed by atoms with Gasteiger partial charge in [0.05, 0.1) is 5.69 Å². The minimum atomic E-state index is -0.262. The van der Waals surface area contributed by atoms with Crippen LogP contribution in [0.25, 0.3) is 0 Å². The van der Waals surface area contributed by atoms with Gasteiger partial charge >= 0.3 is 0 Å². The second kappa shape index (κ2) is 8.37. The molecule has 3 rings (SSSR count). The van der Waals surface area contributed by atoms with Gasteiger partial charge < -0.3 is 10.6 Å². The molecule has 1 aliphatic heterocycles. The Balaban J connectivity index is 1.50. The second-order valence-corrected chi connectivity index (χ2v) is 7.52. The molecular formula is C21H28N4O2. The molecule has 0 radical (unpaired) electrons. The third-order valence-corrected chi connectivity index (χ3v) is 5.33. The van der Waals surface area contributed by atoms with Crippen molar-refractivity contribution in [2.24, 2.45) is 18.7 Å². The summed E-state index contributed by atoms with van der Waals surface area (Å²) in [7, 11) is 1.82. The van der Waals surface area contributed by atoms with E-state index < -0.39 is 0 Å². The van der Waals surface area contributed by atoms with Gasteiger partial charge in [0.1, 0.15) is 5.69 Å². The Morgan fingerprint density at radius 2 is 1.78 bits per heavy atom. The van der Waals surface area contributed by atoms with Crippen molar-refractivity contribution in [3.05, 3.63) is 52.8 Å². The zero-order valence-electron chi connectivity index (χ0n) is 16.1. The lowest BCUT2D eigenvalue weighted by molar-refractivity contribution is -0.117. The highest BCUT2D eigenvalue weighted by atomic mass is 16.2. The predicted octanol–water partition coefficient (Wildman–Crippen LogP) is 2.24. The fourth-order valence-corrected chi connectivity index (χ4v) is 3.76. The number of piperidine rings is 1. The Bertz CT molecular complexity index is 802. The Labute approximate surface area is 160 Å². The Morgan fingerprint density at radius 1 is 1.15 bits per heavy atom. The molecule has 0 saturated carbocycles. The van der Waals surface area contributed by atoms with Crippen molar-refractivity contribution in [3.63, 3.8) is 0 Å². The summed E-state index contributed by atoms with van der Waals surface area (Å²) in [6.45, 7) is 3.50. The van der Waals surface area contributed by atoms with E-state index in [4.69, 9.17) is 5.73 Å². The van der Waals surface area contributed by atoms with Crippen LogP contribution in [-0.4, -0.2) is 39.6 Å². The van der Waals surface area contributed by atoms with Crippen molar-refractivity contribution >= 4 is 11.8 Å². The summed E-state index contributed by atoms with van der Waals surface area (Å²) in [4.78, 5) is 25.5. The van der Waals surface area contributed by atoms with E-state index in [2.05, 4.69) is 29.4 Å². The first-order valence-electron chi connectivity index (χ1n) is 9.58. The van der Waals surface area contributed by atoms with E-state index in [-0.39, 0.29) is 11.8 Å². The van der Waals surface area contributed by atoms with E-state index in [1.807, 2.05) is 24.9 Å². The highest BCUT2D eigenvalue weighted by molar-refractivity contribution is 5.92. The van der Waals surface area contributed by atoms with Gasteiger partial charge in [-0.25, -0.2) is 0 Å². The number of amides is 2. The van der Waals surface area contributed by atoms with Gasteiger partial charge in [0.25, 0.3) is 5.91 Å². The molecule has 1 aliphatic rings. The van der Waals surface area contributed by atoms with E-state index in [1.165, 1.54) is 5.56 Å². The topological polar surface area (TPSA) is 81.2 Å². The van der Waals surface area contributed by atoms with Crippen LogP contribution in [0.3, 0.4) is 0 Å². The van der Waals surface area contributed by atoms with E-state index in [0.29, 0.717) is 24.5 Å². The zero-order valence-corrected chi connectivity index (χ0v) is 16.1. The Hall–Kier alpha value is -2.63. The normalized spacial score (nSPS) is 15.1. The summed E-state index contributed by atoms with van der Waals surface area (Å²) >= 11 is 0. The molecule has 6 nitrogen and oxygen atoms in total. The number of hydrogen-bond acceptors (Lipinski definition) is 3. The monoisotopic (exact) mass is 368 g/mol. The van der Waals surface area contributed by atoms with Crippen molar-refractivity contribution in [1.82, 2.24) is 14.7 Å². The molecule has 2 amide bonds. The van der Waals surface area contributed by atoms with Crippen molar-refractivity contribution in [2.45, 2.75) is 39.0 Å². The van der Waals surface area contributed by atoms with Crippen LogP contribution in [0.1, 0.15) is 46.6 Å². The molecular weight excluding hydrogens is 340 g/mol. The molecule has 144 valence electrons. The molecule has 0 atom stereocenters. The molecule has 2 heterocycles. The van der Waals surface area contributed by atoms with Crippen LogP contribution in [0.5, 0.6) is 0 Å². The fourth-order valence-electron chi connectivity index (χ4n) is 3.76. The number of aromatic nitrogens is 2. The molecule has 1 saturated heterocycles. The average molecular weight is 368 g/mol. The van der Waals surface area contributed by atoms with Crippen LogP contribution >= 0.6 is 0 Å². The van der Waals surface area contributed by atoms with Crippen LogP contribution in [0.2, 0.25) is 0 Å². The first-order valence-corrected chi connectivity index (χ1v) is 9.58. The average Bonchev–Trinajstić information content (AvgIpc) is 2.99. The molecule has 1 aromatic heterocycles. The van der Waals surface area contributed by atoms with Crippen LogP contribution in [-0.2, 0) is 24.7 Å². The molecule has 0 unspecified atom stereocenters. The minimum absolute atomic E-state index is 0.0790. The van der Waals surface area contributed by atoms with Crippen molar-refractivity contribution in [2.75, 3.05) is 13.1 Å². The minimum Gasteiger partial charge on any atom is -0.370 e. The van der Waals surface area contributed by atoms with Crippen LogP contribution in [0.15, 0.2) is 30.3 Å². The number of primary amides is 1. The summed E-state index contributed by atoms with van der Waals surface area (Å²) in [5, 5.41) is 4.27. The van der Waals surface area contributed by atoms with Crippen LogP contribution < -0.4 is 5.73 Å². The van der Waals surface area contributed by atoms with Gasteiger partial charge in [-0.05, 0) is 55.7 Å². The first kappa shape index (κ1) is 19.1. The summed E-state index contributed by atoms with van der Waals surface area (Å²) in [5.74, 6) is 0.413. The smallest absolute Gasteiger partial charge is 0.272 e. The number of nitrogens with zero attached hydrogens (tertiary/aromatic N) is 3. The van der Waals surface area contributed by atoms with Crippen molar-refractivity contribution < 1.29 is 9.59 Å². The molecule has 2 aromatic rings. The number of carbonyl (C=O) groups excluding carboxylic acids is 2. The molecule has 1 fully saturated rings. The molecule has 1 aromatic carbocycles. The summed E-state index contributed by atoms with van der Waals surface area (Å²) in [6.07, 6.45) is 4.16. The third-order valence-electron chi connectivity index (χ3n) is 5.33. The molecule has 0 spiro atoms. The predicted molar refractivity (Wildman–Crippen MR) is 104 cm³/mol. The standard InChI is InChI=1S/C21H28N4O2/c1-15-13-19(24(2)23-15)21(27)25-11-9-18(10-12-25)14-17-5-3-16(4-6-17)7-8-20(22)26/h3-6,13,18H,7-12,14H2,1-2H3,(H2,22,26). The lowest BCUT2D eigenvalue weighted by atomic mass is 9.89. The van der Waals surface area contributed by atoms with Gasteiger partial charge in [0.15, 0.2) is 0 Å². The van der Waals surface area contributed by atoms with Gasteiger partial charge in [-0.15, -0.1) is 0 Å². The second-order valence-electron chi connectivity index (χ2n) is 7.52. The van der Waals surface area contributed by atoms with Gasteiger partial charge in [0, 0.05) is 26.6 Å². The Morgan fingerprint density at radius 3 is 2.33 bits per heavy atom. The molecule has 27 heavy (non-hydrogen) atoms. The zero-order chi connectivity index (χ0) is 19.4. The van der Waals surface area contributed by atoms with E-state index in [9.17, 15) is 9.59 Å². The van der Waals surface area contributed by atoms with Crippen LogP contribution in [0, 0.1) is 12.8 Å². The highest BCUT2D eigenvalue weighted by Crippen LogP contribution is 2.23. The lowest BCUT2D eigenvalue weighted by Gasteiger charge is -2.32. The maximum atomic E-state index is 12.7. The summed E-state index contributed by atoms with van der Waals surface area (Å²) in [5.41, 5.74) is 9.19. The fraction of sp³-hybridized carbons (Fsp3) is 0.476. The molecule has 0 aliphatic carbocycles. The van der Waals surface area contributed by atoms with E-state index in [1.54, 1.807) is 4.68 Å². The van der Waals surface area contributed by atoms with Gasteiger partial charge in [-0.3, -0.25) is 14.3 Å². The van der Waals surface area contributed by atoms with Gasteiger partial charge in [-0.1, -0.05) is 24.3 Å². The third kappa shape index (κ3) is 4.96. The van der Waals surface area contributed by atoms with Gasteiger partial charge in [0.2, 0.25) is 5.91 Å². The molecule has 0 bridgehead atoms. The number of hydrogen-bond donors (Lipinski definition) is 1. The van der Waals surface area contributed by atoms with Crippen LogP contribution in [0.4, 0.5) is 0 Å². The molecule has 2 N–H and O–H groups in total. The van der Waals surface area contributed by atoms with Gasteiger partial charge in [-0.2, -0.15) is 5.10 Å². The van der Waals surface area contributed by atoms with Crippen molar-refractivity contribution in [3.8, 4) is 0 Å². The highest BCUT2D eigenvalue weighted by Gasteiger charge is 2.25.